The van der Waals surface area contributed by atoms with Crippen LogP contribution in [0.4, 0.5) is 5.69 Å². The van der Waals surface area contributed by atoms with Crippen LogP contribution < -0.4 is 4.72 Å². The van der Waals surface area contributed by atoms with Gasteiger partial charge in [0.15, 0.2) is 0 Å². The van der Waals surface area contributed by atoms with Crippen LogP contribution in [-0.4, -0.2) is 31.1 Å². The van der Waals surface area contributed by atoms with Crippen molar-refractivity contribution < 1.29 is 18.4 Å². The normalized spacial score (nSPS) is 13.3. The Bertz CT molecular complexity index is 603. The third kappa shape index (κ3) is 3.77. The molecule has 0 radical (unpaired) electrons. The van der Waals surface area contributed by atoms with E-state index in [1.165, 1.54) is 6.92 Å². The highest BCUT2D eigenvalue weighted by Crippen LogP contribution is 2.36. The van der Waals surface area contributed by atoms with E-state index in [0.717, 1.165) is 12.1 Å². The zero-order valence-electron chi connectivity index (χ0n) is 9.63. The summed E-state index contributed by atoms with van der Waals surface area (Å²) in [4.78, 5) is 9.44. The Balaban J connectivity index is 3.29. The van der Waals surface area contributed by atoms with E-state index >= 15 is 0 Å². The van der Waals surface area contributed by atoms with Gasteiger partial charge in [-0.2, -0.15) is 0 Å². The highest BCUT2D eigenvalue weighted by atomic mass is 35.5. The van der Waals surface area contributed by atoms with E-state index in [-0.39, 0.29) is 11.6 Å². The van der Waals surface area contributed by atoms with Gasteiger partial charge < -0.3 is 5.11 Å². The number of nitrogens with zero attached hydrogens (tertiary/aromatic N) is 1. The molecule has 2 N–H and O–H groups in total. The molecule has 1 rings (SSSR count). The Kier molecular flexibility index (Phi) is 5.11. The van der Waals surface area contributed by atoms with Gasteiger partial charge in [0.05, 0.1) is 11.0 Å². The molecule has 0 spiro atoms. The van der Waals surface area contributed by atoms with Crippen LogP contribution in [0.25, 0.3) is 0 Å². The van der Waals surface area contributed by atoms with Gasteiger partial charge in [-0.15, -0.1) is 0 Å². The number of hydrogen-bond donors (Lipinski definition) is 2. The zero-order chi connectivity index (χ0) is 14.8. The fourth-order valence-electron chi connectivity index (χ4n) is 1.21. The summed E-state index contributed by atoms with van der Waals surface area (Å²) < 4.78 is 25.8. The van der Waals surface area contributed by atoms with Crippen LogP contribution in [0.15, 0.2) is 17.0 Å². The lowest BCUT2D eigenvalue weighted by Crippen LogP contribution is -2.30. The molecule has 0 saturated heterocycles. The van der Waals surface area contributed by atoms with Crippen molar-refractivity contribution in [1.29, 1.82) is 0 Å². The Morgan fingerprint density at radius 1 is 1.47 bits per heavy atom. The van der Waals surface area contributed by atoms with E-state index < -0.39 is 36.7 Å². The highest BCUT2D eigenvalue weighted by Gasteiger charge is 2.27. The first kappa shape index (κ1) is 16.1. The lowest BCUT2D eigenvalue weighted by molar-refractivity contribution is -0.384. The van der Waals surface area contributed by atoms with Crippen molar-refractivity contribution in [1.82, 2.24) is 4.72 Å². The first-order valence-electron chi connectivity index (χ1n) is 4.97. The molecule has 0 fully saturated rings. The number of hydrogen-bond acceptors (Lipinski definition) is 5. The van der Waals surface area contributed by atoms with E-state index in [0.29, 0.717) is 0 Å². The van der Waals surface area contributed by atoms with Gasteiger partial charge in [0, 0.05) is 6.54 Å². The summed E-state index contributed by atoms with van der Waals surface area (Å²) in [6, 6.07) is 2.13. The number of aliphatic hydroxyl groups is 1. The summed E-state index contributed by atoms with van der Waals surface area (Å²) in [5.74, 6) is 0. The molecular formula is C9H10Cl2N2O5S. The molecule has 0 bridgehead atoms. The van der Waals surface area contributed by atoms with Gasteiger partial charge in [-0.1, -0.05) is 23.2 Å². The van der Waals surface area contributed by atoms with Crippen molar-refractivity contribution in [3.05, 3.63) is 32.3 Å². The topological polar surface area (TPSA) is 110 Å². The molecule has 19 heavy (non-hydrogen) atoms. The molecule has 0 aliphatic heterocycles. The second kappa shape index (κ2) is 6.02. The fraction of sp³-hybridized carbons (Fsp3) is 0.333. The first-order valence-corrected chi connectivity index (χ1v) is 7.21. The summed E-state index contributed by atoms with van der Waals surface area (Å²) in [6.45, 7) is 1.14. The Morgan fingerprint density at radius 3 is 2.53 bits per heavy atom. The number of sulfonamides is 1. The third-order valence-electron chi connectivity index (χ3n) is 2.07. The zero-order valence-corrected chi connectivity index (χ0v) is 12.0. The number of rotatable bonds is 5. The van der Waals surface area contributed by atoms with E-state index in [1.54, 1.807) is 0 Å². The molecule has 106 valence electrons. The number of nitro benzene ring substituents is 1. The van der Waals surface area contributed by atoms with Crippen LogP contribution >= 0.6 is 23.2 Å². The van der Waals surface area contributed by atoms with Gasteiger partial charge in [0.1, 0.15) is 14.9 Å². The molecule has 10 heteroatoms. The maximum absolute atomic E-state index is 11.9. The maximum Gasteiger partial charge on any atom is 0.307 e. The molecule has 0 aliphatic rings. The van der Waals surface area contributed by atoms with Crippen molar-refractivity contribution in [2.45, 2.75) is 17.9 Å². The summed E-state index contributed by atoms with van der Waals surface area (Å²) in [6.07, 6.45) is -0.907. The van der Waals surface area contributed by atoms with E-state index in [1.807, 2.05) is 0 Å². The predicted octanol–water partition coefficient (Wildman–Crippen LogP) is 1.56. The van der Waals surface area contributed by atoms with Gasteiger partial charge in [-0.3, -0.25) is 10.1 Å². The van der Waals surface area contributed by atoms with Crippen LogP contribution in [0.3, 0.4) is 0 Å². The lowest BCUT2D eigenvalue weighted by atomic mass is 10.3. The minimum Gasteiger partial charge on any atom is -0.392 e. The Morgan fingerprint density at radius 2 is 2.05 bits per heavy atom. The van der Waals surface area contributed by atoms with Crippen LogP contribution in [0.2, 0.25) is 10.0 Å². The molecule has 1 atom stereocenters. The predicted molar refractivity (Wildman–Crippen MR) is 70.0 cm³/mol. The SMILES string of the molecule is C[C@H](O)CNS(=O)(=O)c1ccc(Cl)c([N+](=O)[O-])c1Cl. The minimum absolute atomic E-state index is 0.241. The molecular weight excluding hydrogens is 319 g/mol. The average molecular weight is 329 g/mol. The standard InChI is InChI=1S/C9H10Cl2N2O5S/c1-5(14)4-12-19(17,18)7-3-2-6(10)9(8(7)11)13(15)16/h2-3,5,12,14H,4H2,1H3/t5-/m0/s1. The molecule has 0 saturated carbocycles. The van der Waals surface area contributed by atoms with Crippen molar-refractivity contribution in [2.24, 2.45) is 0 Å². The van der Waals surface area contributed by atoms with Crippen molar-refractivity contribution in [3.63, 3.8) is 0 Å². The summed E-state index contributed by atoms with van der Waals surface area (Å²) in [5.41, 5.74) is -0.678. The number of nitro groups is 1. The molecule has 0 amide bonds. The molecule has 0 unspecified atom stereocenters. The van der Waals surface area contributed by atoms with E-state index in [2.05, 4.69) is 4.72 Å². The quantitative estimate of drug-likeness (QED) is 0.629. The minimum atomic E-state index is -4.06. The summed E-state index contributed by atoms with van der Waals surface area (Å²) in [5, 5.41) is 19.0. The number of aliphatic hydroxyl groups excluding tert-OH is 1. The van der Waals surface area contributed by atoms with Crippen molar-refractivity contribution in [3.8, 4) is 0 Å². The molecule has 7 nitrogen and oxygen atoms in total. The van der Waals surface area contributed by atoms with Gasteiger partial charge in [-0.25, -0.2) is 13.1 Å². The smallest absolute Gasteiger partial charge is 0.307 e. The van der Waals surface area contributed by atoms with Crippen LogP contribution in [-0.2, 0) is 10.0 Å². The lowest BCUT2D eigenvalue weighted by Gasteiger charge is -2.10. The molecule has 1 aromatic carbocycles. The van der Waals surface area contributed by atoms with Gasteiger partial charge in [0.2, 0.25) is 10.0 Å². The highest BCUT2D eigenvalue weighted by molar-refractivity contribution is 7.89. The summed E-state index contributed by atoms with van der Waals surface area (Å²) >= 11 is 11.3. The first-order chi connectivity index (χ1) is 8.66. The fourth-order valence-corrected chi connectivity index (χ4v) is 3.21. The Hall–Kier alpha value is -0.930. The Labute approximate surface area is 119 Å². The third-order valence-corrected chi connectivity index (χ3v) is 4.34. The number of benzene rings is 1. The monoisotopic (exact) mass is 328 g/mol. The van der Waals surface area contributed by atoms with Crippen LogP contribution in [0.5, 0.6) is 0 Å². The van der Waals surface area contributed by atoms with E-state index in [9.17, 15) is 18.5 Å². The van der Waals surface area contributed by atoms with E-state index in [4.69, 9.17) is 28.3 Å². The van der Waals surface area contributed by atoms with Crippen molar-refractivity contribution >= 4 is 38.9 Å². The molecule has 1 aromatic rings. The van der Waals surface area contributed by atoms with Crippen molar-refractivity contribution in [2.75, 3.05) is 6.54 Å². The van der Waals surface area contributed by atoms with Gasteiger partial charge in [0.25, 0.3) is 0 Å². The van der Waals surface area contributed by atoms with Crippen LogP contribution in [0, 0.1) is 10.1 Å². The largest absolute Gasteiger partial charge is 0.392 e. The van der Waals surface area contributed by atoms with Gasteiger partial charge >= 0.3 is 5.69 Å². The maximum atomic E-state index is 11.9. The summed E-state index contributed by atoms with van der Waals surface area (Å²) in [7, 11) is -4.06. The molecule has 0 heterocycles. The second-order valence-electron chi connectivity index (χ2n) is 3.67. The molecule has 0 aliphatic carbocycles. The second-order valence-corrected chi connectivity index (χ2v) is 6.19. The average Bonchev–Trinajstić information content (AvgIpc) is 2.25. The number of nitrogens with one attached hydrogen (secondary N) is 1. The number of halogens is 2. The van der Waals surface area contributed by atoms with Gasteiger partial charge in [-0.05, 0) is 19.1 Å². The molecule has 0 aromatic heterocycles. The van der Waals surface area contributed by atoms with Crippen LogP contribution in [0.1, 0.15) is 6.92 Å².